The average Bonchev–Trinajstić information content (AvgIpc) is 3.20. The van der Waals surface area contributed by atoms with E-state index in [4.69, 9.17) is 23.2 Å². The molecule has 0 radical (unpaired) electrons. The van der Waals surface area contributed by atoms with Crippen LogP contribution >= 0.6 is 23.2 Å². The fourth-order valence-electron chi connectivity index (χ4n) is 7.99. The number of rotatable bonds is 11. The molecule has 2 fully saturated rings. The number of likely N-dealkylation sites (tertiary alicyclic amines) is 1. The maximum Gasteiger partial charge on any atom is 0.416 e. The zero-order valence-electron chi connectivity index (χ0n) is 31.4. The van der Waals surface area contributed by atoms with Gasteiger partial charge in [0.1, 0.15) is 0 Å². The van der Waals surface area contributed by atoms with Crippen molar-refractivity contribution in [2.24, 2.45) is 0 Å². The second kappa shape index (κ2) is 18.2. The molecule has 2 heterocycles. The minimum atomic E-state index is -5.06. The molecule has 3 unspecified atom stereocenters. The molecule has 2 aliphatic heterocycles. The van der Waals surface area contributed by atoms with Crippen LogP contribution in [0.3, 0.4) is 0 Å². The highest BCUT2D eigenvalue weighted by Crippen LogP contribution is 2.38. The van der Waals surface area contributed by atoms with Crippen LogP contribution in [0.4, 0.5) is 26.3 Å². The third kappa shape index (κ3) is 10.9. The molecule has 2 aliphatic rings. The molecule has 0 aromatic heterocycles. The van der Waals surface area contributed by atoms with Gasteiger partial charge in [-0.25, -0.2) is 0 Å². The van der Waals surface area contributed by atoms with Crippen molar-refractivity contribution in [3.8, 4) is 0 Å². The highest BCUT2D eigenvalue weighted by molar-refractivity contribution is 6.42. The first kappa shape index (κ1) is 42.5. The summed E-state index contributed by atoms with van der Waals surface area (Å²) in [6.45, 7) is 4.50. The largest absolute Gasteiger partial charge is 0.416 e. The molecule has 0 bridgehead atoms. The van der Waals surface area contributed by atoms with Crippen molar-refractivity contribution in [2.45, 2.75) is 56.0 Å². The van der Waals surface area contributed by atoms with E-state index in [1.54, 1.807) is 30.1 Å². The van der Waals surface area contributed by atoms with E-state index in [1.807, 2.05) is 60.7 Å². The number of nitrogens with zero attached hydrogens (tertiary/aromatic N) is 4. The van der Waals surface area contributed by atoms with Crippen LogP contribution in [0.2, 0.25) is 10.0 Å². The van der Waals surface area contributed by atoms with Crippen molar-refractivity contribution in [3.63, 3.8) is 0 Å². The second-order valence-corrected chi connectivity index (χ2v) is 15.7. The predicted molar refractivity (Wildman–Crippen MR) is 210 cm³/mol. The molecule has 0 N–H and O–H groups in total. The lowest BCUT2D eigenvalue weighted by Crippen LogP contribution is -2.56. The smallest absolute Gasteiger partial charge is 0.341 e. The van der Waals surface area contributed by atoms with Gasteiger partial charge < -0.3 is 14.7 Å². The number of piperidine rings is 1. The Balaban J connectivity index is 1.12. The minimum absolute atomic E-state index is 0.0138. The van der Waals surface area contributed by atoms with Gasteiger partial charge in [-0.3, -0.25) is 14.5 Å². The number of piperazine rings is 1. The van der Waals surface area contributed by atoms with Gasteiger partial charge in [0, 0.05) is 75.4 Å². The molecule has 3 atom stereocenters. The van der Waals surface area contributed by atoms with Crippen LogP contribution in [0, 0.1) is 0 Å². The van der Waals surface area contributed by atoms with E-state index in [2.05, 4.69) is 9.80 Å². The fraction of sp³-hybridized carbons (Fsp3) is 0.395. The SMILES string of the molecule is CN(CC(CCN1CCN(C2CCN(C(=O)c3cc(C(F)(F)F)cc(C(F)(F)F)c3)C(Cc3ccccc3)C2)CC1)c1ccc(Cl)c(Cl)c1)C(=O)c1ccccc1. The van der Waals surface area contributed by atoms with Crippen LogP contribution in [0.15, 0.2) is 97.1 Å². The Morgan fingerprint density at radius 3 is 1.96 bits per heavy atom. The Kier molecular flexibility index (Phi) is 13.6. The van der Waals surface area contributed by atoms with Gasteiger partial charge in [-0.05, 0) is 85.8 Å². The number of benzene rings is 4. The van der Waals surface area contributed by atoms with Gasteiger partial charge in [-0.2, -0.15) is 26.3 Å². The van der Waals surface area contributed by atoms with E-state index < -0.39 is 41.0 Å². The molecular formula is C43H44Cl2F6N4O2. The number of amides is 2. The van der Waals surface area contributed by atoms with E-state index in [-0.39, 0.29) is 30.5 Å². The van der Waals surface area contributed by atoms with E-state index in [9.17, 15) is 35.9 Å². The fourth-order valence-corrected chi connectivity index (χ4v) is 8.29. The van der Waals surface area contributed by atoms with Gasteiger partial charge in [0.25, 0.3) is 11.8 Å². The number of hydrogen-bond acceptors (Lipinski definition) is 4. The molecule has 4 aromatic carbocycles. The second-order valence-electron chi connectivity index (χ2n) is 14.9. The lowest BCUT2D eigenvalue weighted by molar-refractivity contribution is -0.143. The molecular weight excluding hydrogens is 789 g/mol. The Bertz CT molecular complexity index is 1960. The number of hydrogen-bond donors (Lipinski definition) is 0. The normalized spacial score (nSPS) is 19.0. The van der Waals surface area contributed by atoms with Gasteiger partial charge in [0.05, 0.1) is 21.2 Å². The van der Waals surface area contributed by atoms with E-state index in [0.29, 0.717) is 53.5 Å². The highest BCUT2D eigenvalue weighted by Gasteiger charge is 2.40. The Labute approximate surface area is 338 Å². The summed E-state index contributed by atoms with van der Waals surface area (Å²) in [5, 5.41) is 0.903. The van der Waals surface area contributed by atoms with E-state index in [0.717, 1.165) is 50.3 Å². The summed E-state index contributed by atoms with van der Waals surface area (Å²) in [5.41, 5.74) is -1.14. The topological polar surface area (TPSA) is 47.1 Å². The zero-order chi connectivity index (χ0) is 40.9. The first-order valence-corrected chi connectivity index (χ1v) is 19.7. The number of carbonyl (C=O) groups excluding carboxylic acids is 2. The third-order valence-corrected chi connectivity index (χ3v) is 11.8. The van der Waals surface area contributed by atoms with Crippen molar-refractivity contribution in [1.82, 2.24) is 19.6 Å². The predicted octanol–water partition coefficient (Wildman–Crippen LogP) is 9.81. The molecule has 0 saturated carbocycles. The first-order valence-electron chi connectivity index (χ1n) is 18.9. The summed E-state index contributed by atoms with van der Waals surface area (Å²) >= 11 is 12.7. The molecule has 0 aliphatic carbocycles. The number of likely N-dealkylation sites (N-methyl/N-ethyl adjacent to an activating group) is 1. The molecule has 6 nitrogen and oxygen atoms in total. The van der Waals surface area contributed by atoms with Crippen LogP contribution in [0.25, 0.3) is 0 Å². The number of carbonyl (C=O) groups is 2. The van der Waals surface area contributed by atoms with Crippen molar-refractivity contribution < 1.29 is 35.9 Å². The number of alkyl halides is 6. The quantitative estimate of drug-likeness (QED) is 0.141. The van der Waals surface area contributed by atoms with Crippen LogP contribution in [-0.4, -0.2) is 96.4 Å². The molecule has 14 heteroatoms. The lowest BCUT2D eigenvalue weighted by Gasteiger charge is -2.46. The standard InChI is InChI=1S/C43H44Cl2F6N4O2/c1-52(40(56)30-10-6-3-7-11-30)28-32(31-12-13-38(44)39(45)25-31)14-16-53-18-20-54(21-19-53)36-15-17-55(37(27-36)22-29-8-4-2-5-9-29)41(57)33-23-34(42(46,47)48)26-35(24-33)43(49,50)51/h2-13,23-26,32,36-37H,14-22,27-28H2,1H3. The van der Waals surface area contributed by atoms with Gasteiger partial charge in [0.15, 0.2) is 0 Å². The van der Waals surface area contributed by atoms with Crippen LogP contribution in [-0.2, 0) is 18.8 Å². The lowest BCUT2D eigenvalue weighted by atomic mass is 9.90. The van der Waals surface area contributed by atoms with Gasteiger partial charge in [-0.15, -0.1) is 0 Å². The highest BCUT2D eigenvalue weighted by atomic mass is 35.5. The maximum atomic E-state index is 13.9. The van der Waals surface area contributed by atoms with Crippen LogP contribution in [0.5, 0.6) is 0 Å². The minimum Gasteiger partial charge on any atom is -0.341 e. The first-order chi connectivity index (χ1) is 27.1. The van der Waals surface area contributed by atoms with Crippen molar-refractivity contribution in [1.29, 1.82) is 0 Å². The summed E-state index contributed by atoms with van der Waals surface area (Å²) in [6, 6.07) is 24.8. The summed E-state index contributed by atoms with van der Waals surface area (Å²) in [7, 11) is 1.79. The Morgan fingerprint density at radius 2 is 1.37 bits per heavy atom. The van der Waals surface area contributed by atoms with Gasteiger partial charge >= 0.3 is 12.4 Å². The molecule has 304 valence electrons. The van der Waals surface area contributed by atoms with Crippen LogP contribution in [0.1, 0.15) is 68.2 Å². The monoisotopic (exact) mass is 832 g/mol. The Morgan fingerprint density at radius 1 is 0.754 bits per heavy atom. The summed E-state index contributed by atoms with van der Waals surface area (Å²) in [5.74, 6) is -0.933. The van der Waals surface area contributed by atoms with Crippen molar-refractivity contribution >= 4 is 35.0 Å². The average molecular weight is 834 g/mol. The molecule has 2 amide bonds. The maximum absolute atomic E-state index is 13.9. The number of halogens is 8. The van der Waals surface area contributed by atoms with Gasteiger partial charge in [0.2, 0.25) is 0 Å². The van der Waals surface area contributed by atoms with Crippen molar-refractivity contribution in [2.75, 3.05) is 52.9 Å². The Hall–Kier alpha value is -4.10. The molecule has 57 heavy (non-hydrogen) atoms. The molecule has 6 rings (SSSR count). The zero-order valence-corrected chi connectivity index (χ0v) is 32.9. The third-order valence-electron chi connectivity index (χ3n) is 11.1. The summed E-state index contributed by atoms with van der Waals surface area (Å²) < 4.78 is 82.2. The van der Waals surface area contributed by atoms with Crippen molar-refractivity contribution in [3.05, 3.63) is 140 Å². The van der Waals surface area contributed by atoms with E-state index in [1.165, 1.54) is 4.90 Å². The summed E-state index contributed by atoms with van der Waals surface area (Å²) in [6.07, 6.45) is -7.90. The van der Waals surface area contributed by atoms with Crippen LogP contribution < -0.4 is 0 Å². The molecule has 4 aromatic rings. The molecule has 0 spiro atoms. The summed E-state index contributed by atoms with van der Waals surface area (Å²) in [4.78, 5) is 35.0. The van der Waals surface area contributed by atoms with Gasteiger partial charge in [-0.1, -0.05) is 77.8 Å². The molecule has 2 saturated heterocycles. The van der Waals surface area contributed by atoms with E-state index >= 15 is 0 Å².